The molecule has 0 aromatic rings. The van der Waals surface area contributed by atoms with Crippen LogP contribution in [-0.4, -0.2) is 34.8 Å². The molecule has 0 aromatic carbocycles. The van der Waals surface area contributed by atoms with Crippen LogP contribution in [-0.2, 0) is 9.53 Å². The molecule has 0 amide bonds. The molecule has 27 heavy (non-hydrogen) atoms. The van der Waals surface area contributed by atoms with Crippen molar-refractivity contribution >= 4 is 17.7 Å². The highest BCUT2D eigenvalue weighted by Crippen LogP contribution is 2.40. The molecular weight excluding hydrogens is 356 g/mol. The van der Waals surface area contributed by atoms with Crippen molar-refractivity contribution in [3.63, 3.8) is 0 Å². The second kappa shape index (κ2) is 14.5. The largest absolute Gasteiger partial charge is 0.466 e. The van der Waals surface area contributed by atoms with Crippen LogP contribution in [0.3, 0.4) is 0 Å². The first-order valence-corrected chi connectivity index (χ1v) is 12.0. The number of thioether (sulfide) groups is 1. The molecule has 3 nitrogen and oxygen atoms in total. The number of hydrogen-bond donors (Lipinski definition) is 1. The van der Waals surface area contributed by atoms with E-state index in [2.05, 4.69) is 26.8 Å². The Kier molecular flexibility index (Phi) is 13.2. The summed E-state index contributed by atoms with van der Waals surface area (Å²) >= 11 is 1.94. The van der Waals surface area contributed by atoms with E-state index < -0.39 is 0 Å². The van der Waals surface area contributed by atoms with Gasteiger partial charge in [0.25, 0.3) is 0 Å². The zero-order valence-electron chi connectivity index (χ0n) is 17.9. The molecule has 0 saturated heterocycles. The monoisotopic (exact) mass is 398 g/mol. The first-order chi connectivity index (χ1) is 13.0. The van der Waals surface area contributed by atoms with Gasteiger partial charge < -0.3 is 9.84 Å². The number of rotatable bonds is 15. The molecule has 0 heterocycles. The molecule has 1 aliphatic carbocycles. The molecular formula is C23H42O3S. The first kappa shape index (κ1) is 24.6. The number of ether oxygens (including phenoxy) is 1. The quantitative estimate of drug-likeness (QED) is 0.200. The maximum atomic E-state index is 11.9. The maximum Gasteiger partial charge on any atom is 0.306 e. The van der Waals surface area contributed by atoms with Crippen LogP contribution in [0.25, 0.3) is 0 Å². The Balaban J connectivity index is 1.97. The minimum atomic E-state index is -0.0377. The van der Waals surface area contributed by atoms with Gasteiger partial charge in [0, 0.05) is 17.1 Å². The Morgan fingerprint density at radius 1 is 1.15 bits per heavy atom. The molecule has 1 aliphatic rings. The molecule has 0 bridgehead atoms. The summed E-state index contributed by atoms with van der Waals surface area (Å²) in [6.45, 7) is 7.78. The summed E-state index contributed by atoms with van der Waals surface area (Å²) in [6, 6.07) is 0. The Labute approximate surface area is 171 Å². The van der Waals surface area contributed by atoms with Gasteiger partial charge in [-0.3, -0.25) is 4.79 Å². The number of allylic oxidation sites excluding steroid dienone is 2. The lowest BCUT2D eigenvalue weighted by molar-refractivity contribution is -0.143. The number of aliphatic hydroxyl groups excluding tert-OH is 1. The second-order valence-electron chi connectivity index (χ2n) is 8.46. The Bertz CT molecular complexity index is 433. The number of esters is 1. The van der Waals surface area contributed by atoms with Crippen LogP contribution in [0.1, 0.15) is 97.8 Å². The molecule has 158 valence electrons. The SMILES string of the molecule is CC(C)C1=CCC(C)(SCCC(=O)OCCCCCCCCCCO)CC1. The summed E-state index contributed by atoms with van der Waals surface area (Å²) in [5.74, 6) is 1.50. The molecule has 1 atom stereocenters. The van der Waals surface area contributed by atoms with Crippen LogP contribution in [0.4, 0.5) is 0 Å². The fourth-order valence-corrected chi connectivity index (χ4v) is 4.74. The highest BCUT2D eigenvalue weighted by atomic mass is 32.2. The lowest BCUT2D eigenvalue weighted by Crippen LogP contribution is -2.24. The minimum absolute atomic E-state index is 0.0377. The highest BCUT2D eigenvalue weighted by molar-refractivity contribution is 8.00. The van der Waals surface area contributed by atoms with E-state index in [1.165, 1.54) is 38.5 Å². The third-order valence-electron chi connectivity index (χ3n) is 5.55. The van der Waals surface area contributed by atoms with Crippen molar-refractivity contribution < 1.29 is 14.6 Å². The fraction of sp³-hybridized carbons (Fsp3) is 0.870. The van der Waals surface area contributed by atoms with Crippen molar-refractivity contribution in [1.82, 2.24) is 0 Å². The van der Waals surface area contributed by atoms with E-state index in [1.807, 2.05) is 11.8 Å². The second-order valence-corrected chi connectivity index (χ2v) is 10.1. The van der Waals surface area contributed by atoms with Crippen molar-refractivity contribution in [2.24, 2.45) is 5.92 Å². The van der Waals surface area contributed by atoms with Gasteiger partial charge in [0.2, 0.25) is 0 Å². The summed E-state index contributed by atoms with van der Waals surface area (Å²) in [6.07, 6.45) is 15.6. The molecule has 1 N–H and O–H groups in total. The molecule has 0 fully saturated rings. The zero-order valence-corrected chi connectivity index (χ0v) is 18.7. The van der Waals surface area contributed by atoms with E-state index >= 15 is 0 Å². The Morgan fingerprint density at radius 2 is 1.78 bits per heavy atom. The molecule has 0 radical (unpaired) electrons. The van der Waals surface area contributed by atoms with Gasteiger partial charge in [0.15, 0.2) is 0 Å². The van der Waals surface area contributed by atoms with Crippen LogP contribution < -0.4 is 0 Å². The predicted molar refractivity (Wildman–Crippen MR) is 117 cm³/mol. The van der Waals surface area contributed by atoms with Gasteiger partial charge in [-0.05, 0) is 38.0 Å². The molecule has 0 spiro atoms. The van der Waals surface area contributed by atoms with Gasteiger partial charge in [-0.25, -0.2) is 0 Å². The summed E-state index contributed by atoms with van der Waals surface area (Å²) in [5, 5.41) is 8.73. The standard InChI is InChI=1S/C23H42O3S/c1-20(2)21-12-15-23(3,16-13-21)27-19-14-22(25)26-18-11-9-7-5-4-6-8-10-17-24/h12,20,24H,4-11,13-19H2,1-3H3. The number of unbranched alkanes of at least 4 members (excludes halogenated alkanes) is 7. The van der Waals surface area contributed by atoms with Gasteiger partial charge >= 0.3 is 5.97 Å². The zero-order chi connectivity index (χ0) is 20.0. The van der Waals surface area contributed by atoms with Gasteiger partial charge in [0.1, 0.15) is 0 Å². The average Bonchev–Trinajstić information content (AvgIpc) is 2.63. The number of aliphatic hydroxyl groups is 1. The van der Waals surface area contributed by atoms with Gasteiger partial charge in [0.05, 0.1) is 13.0 Å². The first-order valence-electron chi connectivity index (χ1n) is 11.1. The number of carbonyl (C=O) groups excluding carboxylic acids is 1. The van der Waals surface area contributed by atoms with Gasteiger partial charge in [-0.1, -0.05) is 70.9 Å². The van der Waals surface area contributed by atoms with Crippen molar-refractivity contribution in [3.8, 4) is 0 Å². The predicted octanol–water partition coefficient (Wildman–Crippen LogP) is 6.29. The van der Waals surface area contributed by atoms with E-state index in [4.69, 9.17) is 9.84 Å². The van der Waals surface area contributed by atoms with E-state index in [0.717, 1.165) is 37.9 Å². The van der Waals surface area contributed by atoms with E-state index in [0.29, 0.717) is 25.6 Å². The minimum Gasteiger partial charge on any atom is -0.466 e. The summed E-state index contributed by atoms with van der Waals surface area (Å²) in [5.41, 5.74) is 1.60. The van der Waals surface area contributed by atoms with Crippen LogP contribution in [0.15, 0.2) is 11.6 Å². The van der Waals surface area contributed by atoms with Crippen molar-refractivity contribution in [3.05, 3.63) is 11.6 Å². The number of carbonyl (C=O) groups is 1. The molecule has 0 aliphatic heterocycles. The van der Waals surface area contributed by atoms with Crippen LogP contribution >= 0.6 is 11.8 Å². The fourth-order valence-electron chi connectivity index (χ4n) is 3.53. The van der Waals surface area contributed by atoms with E-state index in [9.17, 15) is 4.79 Å². The summed E-state index contributed by atoms with van der Waals surface area (Å²) in [7, 11) is 0. The van der Waals surface area contributed by atoms with Crippen molar-refractivity contribution in [2.75, 3.05) is 19.0 Å². The molecule has 1 rings (SSSR count). The van der Waals surface area contributed by atoms with E-state index in [1.54, 1.807) is 5.57 Å². The Morgan fingerprint density at radius 3 is 2.33 bits per heavy atom. The van der Waals surface area contributed by atoms with Crippen LogP contribution in [0, 0.1) is 5.92 Å². The maximum absolute atomic E-state index is 11.9. The Hall–Kier alpha value is -0.480. The average molecular weight is 399 g/mol. The molecule has 0 aromatic heterocycles. The van der Waals surface area contributed by atoms with E-state index in [-0.39, 0.29) is 10.7 Å². The molecule has 0 saturated carbocycles. The third-order valence-corrected chi connectivity index (χ3v) is 7.03. The van der Waals surface area contributed by atoms with Gasteiger partial charge in [-0.15, -0.1) is 0 Å². The number of hydrogen-bond acceptors (Lipinski definition) is 4. The highest BCUT2D eigenvalue weighted by Gasteiger charge is 2.28. The van der Waals surface area contributed by atoms with Crippen LogP contribution in [0.5, 0.6) is 0 Å². The summed E-state index contributed by atoms with van der Waals surface area (Å²) in [4.78, 5) is 11.9. The van der Waals surface area contributed by atoms with Crippen molar-refractivity contribution in [2.45, 2.75) is 103 Å². The van der Waals surface area contributed by atoms with Crippen molar-refractivity contribution in [1.29, 1.82) is 0 Å². The normalized spacial score (nSPS) is 20.0. The lowest BCUT2D eigenvalue weighted by atomic mass is 9.85. The lowest BCUT2D eigenvalue weighted by Gasteiger charge is -2.33. The molecule has 4 heteroatoms. The third kappa shape index (κ3) is 11.8. The van der Waals surface area contributed by atoms with Crippen LogP contribution in [0.2, 0.25) is 0 Å². The van der Waals surface area contributed by atoms with Gasteiger partial charge in [-0.2, -0.15) is 11.8 Å². The smallest absolute Gasteiger partial charge is 0.306 e. The molecule has 1 unspecified atom stereocenters. The topological polar surface area (TPSA) is 46.5 Å². The summed E-state index contributed by atoms with van der Waals surface area (Å²) < 4.78 is 5.67.